The van der Waals surface area contributed by atoms with Gasteiger partial charge in [0.15, 0.2) is 6.10 Å². The maximum absolute atomic E-state index is 9.73. The van der Waals surface area contributed by atoms with E-state index in [2.05, 4.69) is 0 Å². The van der Waals surface area contributed by atoms with Gasteiger partial charge in [-0.25, -0.2) is 4.79 Å². The predicted octanol–water partition coefficient (Wildman–Crippen LogP) is -1.19. The third-order valence-electron chi connectivity index (χ3n) is 0.688. The van der Waals surface area contributed by atoms with Gasteiger partial charge in [-0.3, -0.25) is 0 Å². The highest BCUT2D eigenvalue weighted by molar-refractivity contribution is 5.71. The summed E-state index contributed by atoms with van der Waals surface area (Å²) in [5.74, 6) is -1.29. The highest BCUT2D eigenvalue weighted by Gasteiger charge is 2.10. The number of rotatable bonds is 3. The van der Waals surface area contributed by atoms with Crippen LogP contribution in [0.2, 0.25) is 0 Å². The summed E-state index contributed by atoms with van der Waals surface area (Å²) in [6, 6.07) is 0. The molecular formula is C4H8O4. The molecule has 0 spiro atoms. The second kappa shape index (κ2) is 3.40. The molecule has 0 heterocycles. The fourth-order valence-corrected chi connectivity index (χ4v) is 0.246. The molecule has 0 aliphatic heterocycles. The third kappa shape index (κ3) is 2.54. The lowest BCUT2D eigenvalue weighted by atomic mass is 10.3. The number of aliphatic hydroxyl groups is 2. The van der Waals surface area contributed by atoms with E-state index in [-0.39, 0.29) is 13.0 Å². The maximum atomic E-state index is 9.73. The molecule has 4 nitrogen and oxygen atoms in total. The smallest absolute Gasteiger partial charge is 0.332 e. The molecule has 0 aromatic rings. The summed E-state index contributed by atoms with van der Waals surface area (Å²) in [4.78, 5) is 9.73. The fourth-order valence-electron chi connectivity index (χ4n) is 0.246. The van der Waals surface area contributed by atoms with Crippen LogP contribution in [0.15, 0.2) is 0 Å². The van der Waals surface area contributed by atoms with Gasteiger partial charge in [0.1, 0.15) is 0 Å². The molecule has 0 fully saturated rings. The molecule has 1 atom stereocenters. The normalized spacial score (nSPS) is 13.2. The van der Waals surface area contributed by atoms with E-state index in [1.54, 1.807) is 0 Å². The van der Waals surface area contributed by atoms with Crippen LogP contribution < -0.4 is 0 Å². The standard InChI is InChI=1S/C4H8O4/c5-2-1-3(6)4(7)8/h3,5-6H,1-2H2,(H,7,8)/t3-/m1/s1. The molecule has 0 unspecified atom stereocenters. The van der Waals surface area contributed by atoms with E-state index in [4.69, 9.17) is 15.3 Å². The summed E-state index contributed by atoms with van der Waals surface area (Å²) in [6.45, 7) is -0.298. The first-order valence-corrected chi connectivity index (χ1v) is 2.20. The van der Waals surface area contributed by atoms with Crippen molar-refractivity contribution in [2.75, 3.05) is 6.61 Å². The summed E-state index contributed by atoms with van der Waals surface area (Å²) in [5, 5.41) is 24.4. The van der Waals surface area contributed by atoms with Gasteiger partial charge in [0.2, 0.25) is 0 Å². The van der Waals surface area contributed by atoms with Crippen LogP contribution in [0, 0.1) is 0 Å². The molecule has 3 N–H and O–H groups in total. The van der Waals surface area contributed by atoms with Gasteiger partial charge < -0.3 is 15.3 Å². The van der Waals surface area contributed by atoms with Crippen molar-refractivity contribution in [2.24, 2.45) is 0 Å². The van der Waals surface area contributed by atoms with Crippen molar-refractivity contribution in [3.8, 4) is 0 Å². The molecule has 8 heavy (non-hydrogen) atoms. The van der Waals surface area contributed by atoms with Crippen molar-refractivity contribution in [1.82, 2.24) is 0 Å². The molecule has 0 aliphatic carbocycles. The summed E-state index contributed by atoms with van der Waals surface area (Å²) in [5.41, 5.74) is 0. The average molecular weight is 120 g/mol. The van der Waals surface area contributed by atoms with E-state index >= 15 is 0 Å². The van der Waals surface area contributed by atoms with Crippen molar-refractivity contribution < 1.29 is 20.1 Å². The molecule has 0 amide bonds. The molecule has 0 rings (SSSR count). The molecule has 0 bridgehead atoms. The first-order valence-electron chi connectivity index (χ1n) is 2.20. The summed E-state index contributed by atoms with van der Waals surface area (Å²) < 4.78 is 0. The minimum absolute atomic E-state index is 0.102. The highest BCUT2D eigenvalue weighted by atomic mass is 16.4. The Hall–Kier alpha value is -0.610. The van der Waals surface area contributed by atoms with Crippen molar-refractivity contribution in [1.29, 1.82) is 0 Å². The van der Waals surface area contributed by atoms with Gasteiger partial charge in [-0.15, -0.1) is 0 Å². The zero-order valence-electron chi connectivity index (χ0n) is 4.24. The number of carboxylic acids is 1. The maximum Gasteiger partial charge on any atom is 0.332 e. The van der Waals surface area contributed by atoms with Crippen LogP contribution in [0.1, 0.15) is 6.42 Å². The Morgan fingerprint density at radius 1 is 1.62 bits per heavy atom. The van der Waals surface area contributed by atoms with Gasteiger partial charge in [0, 0.05) is 13.0 Å². The Labute approximate surface area is 46.4 Å². The van der Waals surface area contributed by atoms with Crippen molar-refractivity contribution in [3.63, 3.8) is 0 Å². The molecular weight excluding hydrogens is 112 g/mol. The molecule has 0 saturated carbocycles. The molecule has 0 aliphatic rings. The summed E-state index contributed by atoms with van der Waals surface area (Å²) >= 11 is 0. The number of hydrogen-bond donors (Lipinski definition) is 3. The van der Waals surface area contributed by atoms with Gasteiger partial charge in [-0.05, 0) is 0 Å². The lowest BCUT2D eigenvalue weighted by Crippen LogP contribution is -2.20. The first-order chi connectivity index (χ1) is 3.68. The number of carbonyl (C=O) groups is 1. The van der Waals surface area contributed by atoms with E-state index in [1.807, 2.05) is 0 Å². The largest absolute Gasteiger partial charge is 0.479 e. The molecule has 0 saturated heterocycles. The van der Waals surface area contributed by atoms with E-state index in [9.17, 15) is 4.79 Å². The second-order valence-corrected chi connectivity index (χ2v) is 1.37. The molecule has 0 aromatic carbocycles. The Morgan fingerprint density at radius 2 is 2.12 bits per heavy atom. The summed E-state index contributed by atoms with van der Waals surface area (Å²) in [6.07, 6.45) is -1.52. The summed E-state index contributed by atoms with van der Waals surface area (Å²) in [7, 11) is 0. The minimum Gasteiger partial charge on any atom is -0.479 e. The SMILES string of the molecule is O=C(O)[C@H](O)CCO. The van der Waals surface area contributed by atoms with E-state index in [0.29, 0.717) is 0 Å². The zero-order valence-corrected chi connectivity index (χ0v) is 4.24. The van der Waals surface area contributed by atoms with Gasteiger partial charge in [-0.2, -0.15) is 0 Å². The van der Waals surface area contributed by atoms with Crippen LogP contribution in [-0.4, -0.2) is 34.0 Å². The third-order valence-corrected chi connectivity index (χ3v) is 0.688. The van der Waals surface area contributed by atoms with Crippen LogP contribution in [0.4, 0.5) is 0 Å². The van der Waals surface area contributed by atoms with Gasteiger partial charge in [-0.1, -0.05) is 0 Å². The molecule has 0 radical (unpaired) electrons. The van der Waals surface area contributed by atoms with Gasteiger partial charge >= 0.3 is 5.97 Å². The lowest BCUT2D eigenvalue weighted by Gasteiger charge is -1.98. The Bertz CT molecular complexity index is 80.1. The van der Waals surface area contributed by atoms with Crippen molar-refractivity contribution >= 4 is 5.97 Å². The quantitative estimate of drug-likeness (QED) is 0.438. The van der Waals surface area contributed by atoms with Crippen LogP contribution in [0.5, 0.6) is 0 Å². The van der Waals surface area contributed by atoms with Crippen LogP contribution in [0.3, 0.4) is 0 Å². The van der Waals surface area contributed by atoms with Gasteiger partial charge in [0.05, 0.1) is 0 Å². The van der Waals surface area contributed by atoms with Gasteiger partial charge in [0.25, 0.3) is 0 Å². The Balaban J connectivity index is 3.32. The van der Waals surface area contributed by atoms with Crippen LogP contribution >= 0.6 is 0 Å². The first kappa shape index (κ1) is 7.39. The minimum atomic E-state index is -1.42. The van der Waals surface area contributed by atoms with Crippen LogP contribution in [-0.2, 0) is 4.79 Å². The Morgan fingerprint density at radius 3 is 2.25 bits per heavy atom. The number of carboxylic acid groups (broad SMARTS) is 1. The zero-order chi connectivity index (χ0) is 6.57. The van der Waals surface area contributed by atoms with E-state index in [0.717, 1.165) is 0 Å². The highest BCUT2D eigenvalue weighted by Crippen LogP contribution is 1.87. The number of hydrogen-bond acceptors (Lipinski definition) is 3. The average Bonchev–Trinajstić information content (AvgIpc) is 1.67. The number of aliphatic hydroxyl groups excluding tert-OH is 2. The monoisotopic (exact) mass is 120 g/mol. The number of aliphatic carboxylic acids is 1. The van der Waals surface area contributed by atoms with E-state index < -0.39 is 12.1 Å². The fraction of sp³-hybridized carbons (Fsp3) is 0.750. The van der Waals surface area contributed by atoms with Crippen molar-refractivity contribution in [3.05, 3.63) is 0 Å². The van der Waals surface area contributed by atoms with Crippen LogP contribution in [0.25, 0.3) is 0 Å². The topological polar surface area (TPSA) is 77.8 Å². The Kier molecular flexibility index (Phi) is 3.14. The van der Waals surface area contributed by atoms with Crippen molar-refractivity contribution in [2.45, 2.75) is 12.5 Å². The molecule has 48 valence electrons. The van der Waals surface area contributed by atoms with E-state index in [1.165, 1.54) is 0 Å². The second-order valence-electron chi connectivity index (χ2n) is 1.37. The predicted molar refractivity (Wildman–Crippen MR) is 25.3 cm³/mol. The molecule has 0 aromatic heterocycles. The lowest BCUT2D eigenvalue weighted by molar-refractivity contribution is -0.147. The molecule has 4 heteroatoms.